The number of hydrogen-bond acceptors (Lipinski definition) is 3. The van der Waals surface area contributed by atoms with E-state index in [1.54, 1.807) is 0 Å². The summed E-state index contributed by atoms with van der Waals surface area (Å²) in [5.41, 5.74) is -0.765. The minimum absolute atomic E-state index is 0.00711. The first-order valence-corrected chi connectivity index (χ1v) is 6.16. The molecule has 0 spiro atoms. The summed E-state index contributed by atoms with van der Waals surface area (Å²) in [6.45, 7) is 5.87. The van der Waals surface area contributed by atoms with Crippen molar-refractivity contribution in [2.45, 2.75) is 39.5 Å². The molecule has 0 saturated carbocycles. The van der Waals surface area contributed by atoms with E-state index in [0.717, 1.165) is 18.6 Å². The molecule has 1 unspecified atom stereocenters. The predicted octanol–water partition coefficient (Wildman–Crippen LogP) is 3.96. The van der Waals surface area contributed by atoms with Crippen LogP contribution < -0.4 is 10.1 Å². The van der Waals surface area contributed by atoms with Gasteiger partial charge in [0.05, 0.1) is 11.7 Å². The van der Waals surface area contributed by atoms with Crippen LogP contribution in [0.4, 0.5) is 19.0 Å². The first kappa shape index (κ1) is 15.6. The van der Waals surface area contributed by atoms with Crippen LogP contribution in [0.3, 0.4) is 0 Å². The van der Waals surface area contributed by atoms with Gasteiger partial charge in [0.2, 0.25) is 5.88 Å². The van der Waals surface area contributed by atoms with Gasteiger partial charge in [-0.15, -0.1) is 0 Å². The molecule has 1 aromatic heterocycles. The monoisotopic (exact) mass is 276 g/mol. The van der Waals surface area contributed by atoms with E-state index >= 15 is 0 Å². The van der Waals surface area contributed by atoms with Crippen molar-refractivity contribution in [2.75, 3.05) is 12.4 Å². The fraction of sp³-hybridized carbons (Fsp3) is 0.615. The van der Waals surface area contributed by atoms with Gasteiger partial charge in [-0.2, -0.15) is 18.2 Å². The van der Waals surface area contributed by atoms with Gasteiger partial charge in [-0.05, 0) is 25.3 Å². The molecule has 0 aliphatic heterocycles. The molecule has 1 heterocycles. The summed E-state index contributed by atoms with van der Waals surface area (Å²) in [5, 5.41) is 2.60. The second-order valence-electron chi connectivity index (χ2n) is 4.89. The van der Waals surface area contributed by atoms with Crippen LogP contribution >= 0.6 is 0 Å². The molecule has 0 radical (unpaired) electrons. The molecule has 1 atom stereocenters. The maximum Gasteiger partial charge on any atom is 0.416 e. The summed E-state index contributed by atoms with van der Waals surface area (Å²) in [7, 11) is 1.52. The van der Waals surface area contributed by atoms with Crippen LogP contribution in [0.1, 0.15) is 32.8 Å². The number of hydrogen-bond donors (Lipinski definition) is 1. The maximum atomic E-state index is 12.7. The largest absolute Gasteiger partial charge is 0.475 e. The summed E-state index contributed by atoms with van der Waals surface area (Å²) in [4.78, 5) is 3.98. The number of aromatic nitrogens is 1. The van der Waals surface area contributed by atoms with E-state index in [1.807, 2.05) is 20.8 Å². The van der Waals surface area contributed by atoms with Gasteiger partial charge in [0.25, 0.3) is 0 Å². The van der Waals surface area contributed by atoms with Gasteiger partial charge in [0.1, 0.15) is 5.82 Å². The standard InChI is InChI=1S/C13H19F3N2O/c1-8(2)5-9(3)19-12-7-10(13(14,15)16)6-11(17-4)18-12/h6-9H,5H2,1-4H3,(H,17,18). The van der Waals surface area contributed by atoms with Crippen molar-refractivity contribution < 1.29 is 17.9 Å². The number of pyridine rings is 1. The van der Waals surface area contributed by atoms with Crippen molar-refractivity contribution in [3.63, 3.8) is 0 Å². The second kappa shape index (κ2) is 6.12. The summed E-state index contributed by atoms with van der Waals surface area (Å²) in [6.07, 6.45) is -3.83. The molecule has 0 aliphatic rings. The molecular formula is C13H19F3N2O. The smallest absolute Gasteiger partial charge is 0.416 e. The van der Waals surface area contributed by atoms with Gasteiger partial charge < -0.3 is 10.1 Å². The van der Waals surface area contributed by atoms with Crippen molar-refractivity contribution in [1.29, 1.82) is 0 Å². The zero-order chi connectivity index (χ0) is 14.6. The average molecular weight is 276 g/mol. The quantitative estimate of drug-likeness (QED) is 0.884. The summed E-state index contributed by atoms with van der Waals surface area (Å²) >= 11 is 0. The van der Waals surface area contributed by atoms with E-state index in [4.69, 9.17) is 4.74 Å². The van der Waals surface area contributed by atoms with Crippen LogP contribution in [-0.2, 0) is 6.18 Å². The minimum atomic E-state index is -4.41. The van der Waals surface area contributed by atoms with Crippen molar-refractivity contribution in [2.24, 2.45) is 5.92 Å². The highest BCUT2D eigenvalue weighted by atomic mass is 19.4. The van der Waals surface area contributed by atoms with Crippen molar-refractivity contribution in [1.82, 2.24) is 4.98 Å². The number of halogens is 3. The molecule has 0 bridgehead atoms. The molecule has 108 valence electrons. The normalized spacial score (nSPS) is 13.5. The number of nitrogens with one attached hydrogen (secondary N) is 1. The number of alkyl halides is 3. The molecule has 0 fully saturated rings. The maximum absolute atomic E-state index is 12.7. The molecule has 19 heavy (non-hydrogen) atoms. The third kappa shape index (κ3) is 4.96. The molecule has 0 saturated heterocycles. The molecule has 0 aliphatic carbocycles. The highest BCUT2D eigenvalue weighted by molar-refractivity contribution is 5.42. The molecule has 0 amide bonds. The fourth-order valence-electron chi connectivity index (χ4n) is 1.78. The predicted molar refractivity (Wildman–Crippen MR) is 68.3 cm³/mol. The van der Waals surface area contributed by atoms with Crippen molar-refractivity contribution in [3.05, 3.63) is 17.7 Å². The number of nitrogens with zero attached hydrogens (tertiary/aromatic N) is 1. The third-order valence-electron chi connectivity index (χ3n) is 2.51. The Morgan fingerprint density at radius 3 is 2.37 bits per heavy atom. The van der Waals surface area contributed by atoms with Gasteiger partial charge in [-0.25, -0.2) is 0 Å². The molecule has 1 aromatic rings. The lowest BCUT2D eigenvalue weighted by atomic mass is 10.1. The number of anilines is 1. The Balaban J connectivity index is 2.94. The zero-order valence-corrected chi connectivity index (χ0v) is 11.5. The average Bonchev–Trinajstić information content (AvgIpc) is 2.25. The van der Waals surface area contributed by atoms with Gasteiger partial charge >= 0.3 is 6.18 Å². The minimum Gasteiger partial charge on any atom is -0.475 e. The van der Waals surface area contributed by atoms with Crippen molar-refractivity contribution in [3.8, 4) is 5.88 Å². The van der Waals surface area contributed by atoms with Crippen LogP contribution in [0, 0.1) is 5.92 Å². The Hall–Kier alpha value is -1.46. The number of ether oxygens (including phenoxy) is 1. The van der Waals surface area contributed by atoms with Crippen LogP contribution in [0.25, 0.3) is 0 Å². The van der Waals surface area contributed by atoms with Gasteiger partial charge in [-0.3, -0.25) is 0 Å². The molecule has 0 aromatic carbocycles. The summed E-state index contributed by atoms with van der Waals surface area (Å²) in [6, 6.07) is 1.89. The Bertz CT molecular complexity index is 419. The Kier molecular flexibility index (Phi) is 5.03. The lowest BCUT2D eigenvalue weighted by molar-refractivity contribution is -0.137. The van der Waals surface area contributed by atoms with E-state index in [9.17, 15) is 13.2 Å². The fourth-order valence-corrected chi connectivity index (χ4v) is 1.78. The van der Waals surface area contributed by atoms with Crippen LogP contribution in [0.15, 0.2) is 12.1 Å². The molecule has 1 rings (SSSR count). The Morgan fingerprint density at radius 1 is 1.26 bits per heavy atom. The van der Waals surface area contributed by atoms with E-state index < -0.39 is 11.7 Å². The first-order valence-electron chi connectivity index (χ1n) is 6.16. The van der Waals surface area contributed by atoms with Crippen LogP contribution in [0.2, 0.25) is 0 Å². The summed E-state index contributed by atoms with van der Waals surface area (Å²) in [5.74, 6) is 0.540. The number of rotatable bonds is 5. The van der Waals surface area contributed by atoms with Crippen LogP contribution in [0.5, 0.6) is 5.88 Å². The lowest BCUT2D eigenvalue weighted by Gasteiger charge is -2.17. The van der Waals surface area contributed by atoms with Crippen molar-refractivity contribution >= 4 is 5.82 Å². The molecule has 6 heteroatoms. The van der Waals surface area contributed by atoms with Crippen LogP contribution in [-0.4, -0.2) is 18.1 Å². The first-order chi connectivity index (χ1) is 8.72. The summed E-state index contributed by atoms with van der Waals surface area (Å²) < 4.78 is 43.6. The molecule has 3 nitrogen and oxygen atoms in total. The topological polar surface area (TPSA) is 34.1 Å². The highest BCUT2D eigenvalue weighted by Gasteiger charge is 2.32. The van der Waals surface area contributed by atoms with Gasteiger partial charge in [0.15, 0.2) is 0 Å². The highest BCUT2D eigenvalue weighted by Crippen LogP contribution is 2.32. The van der Waals surface area contributed by atoms with Gasteiger partial charge in [0, 0.05) is 13.1 Å². The van der Waals surface area contributed by atoms with E-state index in [1.165, 1.54) is 7.05 Å². The van der Waals surface area contributed by atoms with E-state index in [2.05, 4.69) is 10.3 Å². The molecular weight excluding hydrogens is 257 g/mol. The van der Waals surface area contributed by atoms with E-state index in [-0.39, 0.29) is 17.8 Å². The van der Waals surface area contributed by atoms with E-state index in [0.29, 0.717) is 5.92 Å². The Labute approximate surface area is 111 Å². The molecule has 1 N–H and O–H groups in total. The second-order valence-corrected chi connectivity index (χ2v) is 4.89. The SMILES string of the molecule is CNc1cc(C(F)(F)F)cc(OC(C)CC(C)C)n1. The lowest BCUT2D eigenvalue weighted by Crippen LogP contribution is -2.16. The zero-order valence-electron chi connectivity index (χ0n) is 11.5. The third-order valence-corrected chi connectivity index (χ3v) is 2.51. The van der Waals surface area contributed by atoms with Gasteiger partial charge in [-0.1, -0.05) is 13.8 Å². The Morgan fingerprint density at radius 2 is 1.89 bits per heavy atom.